The van der Waals surface area contributed by atoms with Crippen LogP contribution in [0.3, 0.4) is 0 Å². The van der Waals surface area contributed by atoms with Gasteiger partial charge >= 0.3 is 0 Å². The van der Waals surface area contributed by atoms with E-state index in [-0.39, 0.29) is 12.0 Å². The summed E-state index contributed by atoms with van der Waals surface area (Å²) in [6.45, 7) is 8.21. The molecule has 1 aromatic rings. The monoisotopic (exact) mass is 309 g/mol. The molecule has 0 bridgehead atoms. The highest BCUT2D eigenvalue weighted by Crippen LogP contribution is 2.45. The van der Waals surface area contributed by atoms with E-state index in [4.69, 9.17) is 0 Å². The maximum atomic E-state index is 9.37. The number of nitrogens with zero attached hydrogens (tertiary/aromatic N) is 1. The lowest BCUT2D eigenvalue weighted by Gasteiger charge is -2.18. The summed E-state index contributed by atoms with van der Waals surface area (Å²) >= 11 is 1.85. The summed E-state index contributed by atoms with van der Waals surface area (Å²) in [7, 11) is 0. The molecule has 21 heavy (non-hydrogen) atoms. The molecule has 1 heterocycles. The third kappa shape index (κ3) is 5.00. The number of hydrogen-bond acceptors (Lipinski definition) is 3. The second kappa shape index (κ2) is 7.27. The van der Waals surface area contributed by atoms with E-state index in [2.05, 4.69) is 48.5 Å². The summed E-state index contributed by atoms with van der Waals surface area (Å²) in [6, 6.07) is 4.71. The van der Waals surface area contributed by atoms with Crippen LogP contribution in [0.4, 0.5) is 0 Å². The Hall–Kier alpha value is -1.07. The molecule has 1 atom stereocenters. The predicted molar refractivity (Wildman–Crippen MR) is 90.1 cm³/mol. The van der Waals surface area contributed by atoms with Gasteiger partial charge in [0, 0.05) is 34.2 Å². The van der Waals surface area contributed by atoms with Crippen LogP contribution in [0.2, 0.25) is 0 Å². The molecule has 0 saturated heterocycles. The molecule has 1 unspecified atom stereocenters. The highest BCUT2D eigenvalue weighted by molar-refractivity contribution is 7.11. The Morgan fingerprint density at radius 2 is 2.24 bits per heavy atom. The minimum atomic E-state index is 0.0659. The van der Waals surface area contributed by atoms with Crippen molar-refractivity contribution in [3.8, 4) is 0 Å². The fraction of sp³-hybridized carbons (Fsp3) is 0.688. The van der Waals surface area contributed by atoms with Gasteiger partial charge in [0.2, 0.25) is 0 Å². The van der Waals surface area contributed by atoms with Crippen molar-refractivity contribution in [1.82, 2.24) is 10.6 Å². The SMILES string of the molecule is CCNC(=NCC1(CO)CC1)NC(C)Cc1ccc(C)s1. The van der Waals surface area contributed by atoms with Gasteiger partial charge < -0.3 is 15.7 Å². The van der Waals surface area contributed by atoms with E-state index < -0.39 is 0 Å². The molecule has 0 aromatic carbocycles. The van der Waals surface area contributed by atoms with E-state index in [9.17, 15) is 5.11 Å². The smallest absolute Gasteiger partial charge is 0.191 e. The van der Waals surface area contributed by atoms with E-state index in [1.54, 1.807) is 0 Å². The van der Waals surface area contributed by atoms with Gasteiger partial charge in [-0.25, -0.2) is 0 Å². The lowest BCUT2D eigenvalue weighted by molar-refractivity contribution is 0.217. The van der Waals surface area contributed by atoms with Gasteiger partial charge in [-0.05, 0) is 45.7 Å². The number of nitrogens with one attached hydrogen (secondary N) is 2. The fourth-order valence-corrected chi connectivity index (χ4v) is 3.31. The highest BCUT2D eigenvalue weighted by Gasteiger charge is 2.41. The van der Waals surface area contributed by atoms with Crippen LogP contribution in [0.15, 0.2) is 17.1 Å². The molecule has 0 amide bonds. The number of aliphatic hydroxyl groups excluding tert-OH is 1. The Morgan fingerprint density at radius 1 is 1.48 bits per heavy atom. The van der Waals surface area contributed by atoms with Crippen LogP contribution in [0.1, 0.15) is 36.4 Å². The number of aliphatic imine (C=N–C) groups is 1. The van der Waals surface area contributed by atoms with E-state index in [1.807, 2.05) is 11.3 Å². The molecule has 1 fully saturated rings. The summed E-state index contributed by atoms with van der Waals surface area (Å²) in [5.41, 5.74) is 0.0659. The normalized spacial score (nSPS) is 18.4. The first kappa shape index (κ1) is 16.3. The van der Waals surface area contributed by atoms with Crippen LogP contribution in [-0.2, 0) is 6.42 Å². The van der Waals surface area contributed by atoms with Crippen LogP contribution >= 0.6 is 11.3 Å². The Bertz CT molecular complexity index is 480. The fourth-order valence-electron chi connectivity index (χ4n) is 2.29. The lowest BCUT2D eigenvalue weighted by Crippen LogP contribution is -2.43. The number of hydrogen-bond donors (Lipinski definition) is 3. The zero-order valence-electron chi connectivity index (χ0n) is 13.3. The zero-order valence-corrected chi connectivity index (χ0v) is 14.1. The van der Waals surface area contributed by atoms with E-state index in [0.717, 1.165) is 31.8 Å². The van der Waals surface area contributed by atoms with Crippen LogP contribution in [0.25, 0.3) is 0 Å². The molecule has 0 radical (unpaired) electrons. The van der Waals surface area contributed by atoms with Crippen molar-refractivity contribution in [1.29, 1.82) is 0 Å². The van der Waals surface area contributed by atoms with Crippen LogP contribution in [-0.4, -0.2) is 36.8 Å². The van der Waals surface area contributed by atoms with Gasteiger partial charge in [0.25, 0.3) is 0 Å². The number of aliphatic hydroxyl groups is 1. The second-order valence-corrected chi connectivity index (χ2v) is 7.49. The number of rotatable bonds is 7. The van der Waals surface area contributed by atoms with Crippen LogP contribution in [0, 0.1) is 12.3 Å². The molecular weight excluding hydrogens is 282 g/mol. The van der Waals surface area contributed by atoms with Crippen molar-refractivity contribution in [2.45, 2.75) is 46.1 Å². The van der Waals surface area contributed by atoms with Gasteiger partial charge in [0.05, 0.1) is 13.2 Å². The minimum absolute atomic E-state index is 0.0659. The first-order valence-corrected chi connectivity index (χ1v) is 8.59. The van der Waals surface area contributed by atoms with Crippen molar-refractivity contribution in [3.63, 3.8) is 0 Å². The van der Waals surface area contributed by atoms with Crippen molar-refractivity contribution < 1.29 is 5.11 Å². The van der Waals surface area contributed by atoms with E-state index in [1.165, 1.54) is 9.75 Å². The van der Waals surface area contributed by atoms with Gasteiger partial charge in [-0.3, -0.25) is 4.99 Å². The third-order valence-corrected chi connectivity index (χ3v) is 4.92. The summed E-state index contributed by atoms with van der Waals surface area (Å²) in [5.74, 6) is 0.859. The van der Waals surface area contributed by atoms with E-state index in [0.29, 0.717) is 12.6 Å². The molecule has 1 saturated carbocycles. The van der Waals surface area contributed by atoms with Gasteiger partial charge in [-0.15, -0.1) is 11.3 Å². The maximum absolute atomic E-state index is 9.37. The number of aryl methyl sites for hydroxylation is 1. The van der Waals surface area contributed by atoms with Crippen molar-refractivity contribution >= 4 is 17.3 Å². The zero-order chi connectivity index (χ0) is 15.3. The lowest BCUT2D eigenvalue weighted by atomic mass is 10.1. The first-order valence-electron chi connectivity index (χ1n) is 7.78. The molecular formula is C16H27N3OS. The van der Waals surface area contributed by atoms with Crippen molar-refractivity contribution in [2.75, 3.05) is 19.7 Å². The Kier molecular flexibility index (Phi) is 5.65. The molecule has 0 aliphatic heterocycles. The quantitative estimate of drug-likeness (QED) is 0.535. The predicted octanol–water partition coefficient (Wildman–Crippen LogP) is 2.32. The van der Waals surface area contributed by atoms with Gasteiger partial charge in [0.15, 0.2) is 5.96 Å². The average molecular weight is 309 g/mol. The Morgan fingerprint density at radius 3 is 2.76 bits per heavy atom. The van der Waals surface area contributed by atoms with Gasteiger partial charge in [-0.2, -0.15) is 0 Å². The molecule has 1 aromatic heterocycles. The topological polar surface area (TPSA) is 56.7 Å². The summed E-state index contributed by atoms with van der Waals surface area (Å²) in [6.07, 6.45) is 3.20. The molecule has 0 spiro atoms. The first-order chi connectivity index (χ1) is 10.1. The van der Waals surface area contributed by atoms with Crippen molar-refractivity contribution in [3.05, 3.63) is 21.9 Å². The molecule has 1 aliphatic rings. The number of thiophene rings is 1. The molecule has 3 N–H and O–H groups in total. The maximum Gasteiger partial charge on any atom is 0.191 e. The van der Waals surface area contributed by atoms with Crippen LogP contribution < -0.4 is 10.6 Å². The molecule has 1 aliphatic carbocycles. The Labute approximate surface area is 131 Å². The molecule has 5 heteroatoms. The summed E-state index contributed by atoms with van der Waals surface area (Å²) < 4.78 is 0. The second-order valence-electron chi connectivity index (χ2n) is 6.12. The van der Waals surface area contributed by atoms with Crippen molar-refractivity contribution in [2.24, 2.45) is 10.4 Å². The highest BCUT2D eigenvalue weighted by atomic mass is 32.1. The summed E-state index contributed by atoms with van der Waals surface area (Å²) in [5, 5.41) is 16.1. The van der Waals surface area contributed by atoms with Gasteiger partial charge in [0.1, 0.15) is 0 Å². The molecule has 118 valence electrons. The average Bonchev–Trinajstić information content (AvgIpc) is 3.13. The minimum Gasteiger partial charge on any atom is -0.396 e. The third-order valence-electron chi connectivity index (χ3n) is 3.90. The standard InChI is InChI=1S/C16H27N3OS/c1-4-17-15(18-10-16(11-20)7-8-16)19-12(2)9-14-6-5-13(3)21-14/h5-6,12,20H,4,7-11H2,1-3H3,(H2,17,18,19). The molecule has 4 nitrogen and oxygen atoms in total. The van der Waals surface area contributed by atoms with Crippen LogP contribution in [0.5, 0.6) is 0 Å². The Balaban J connectivity index is 1.87. The van der Waals surface area contributed by atoms with E-state index >= 15 is 0 Å². The largest absolute Gasteiger partial charge is 0.396 e. The number of guanidine groups is 1. The summed E-state index contributed by atoms with van der Waals surface area (Å²) in [4.78, 5) is 7.40. The molecule has 2 rings (SSSR count). The van der Waals surface area contributed by atoms with Gasteiger partial charge in [-0.1, -0.05) is 0 Å².